The van der Waals surface area contributed by atoms with Crippen LogP contribution in [-0.4, -0.2) is 30.3 Å². The van der Waals surface area contributed by atoms with Crippen LogP contribution in [0.25, 0.3) is 0 Å². The summed E-state index contributed by atoms with van der Waals surface area (Å²) in [6, 6.07) is 4.34. The quantitative estimate of drug-likeness (QED) is 0.698. The summed E-state index contributed by atoms with van der Waals surface area (Å²) in [4.78, 5) is 22.6. The van der Waals surface area contributed by atoms with Crippen molar-refractivity contribution in [1.82, 2.24) is 5.32 Å². The van der Waals surface area contributed by atoms with Gasteiger partial charge in [0.15, 0.2) is 0 Å². The number of nitrogens with one attached hydrogen (secondary N) is 2. The molecule has 1 aromatic rings. The fourth-order valence-electron chi connectivity index (χ4n) is 1.87. The van der Waals surface area contributed by atoms with Crippen molar-refractivity contribution in [3.8, 4) is 5.75 Å². The van der Waals surface area contributed by atoms with Crippen molar-refractivity contribution in [2.24, 2.45) is 0 Å². The number of rotatable bonds is 7. The number of carbonyl (C=O) groups is 2. The van der Waals surface area contributed by atoms with Gasteiger partial charge in [-0.05, 0) is 34.5 Å². The molecule has 0 spiro atoms. The van der Waals surface area contributed by atoms with Crippen LogP contribution in [0.1, 0.15) is 26.2 Å². The number of amides is 2. The first-order valence-corrected chi connectivity index (χ1v) is 7.38. The first-order chi connectivity index (χ1) is 9.96. The van der Waals surface area contributed by atoms with Gasteiger partial charge in [0.05, 0.1) is 18.0 Å². The number of urea groups is 1. The number of carbonyl (C=O) groups excluding carboxylic acids is 1. The van der Waals surface area contributed by atoms with E-state index in [-0.39, 0.29) is 12.5 Å². The molecule has 0 aromatic heterocycles. The Hall–Kier alpha value is -1.76. The van der Waals surface area contributed by atoms with Crippen molar-refractivity contribution in [3.05, 3.63) is 22.7 Å². The van der Waals surface area contributed by atoms with Gasteiger partial charge in [0, 0.05) is 17.8 Å². The predicted octanol–water partition coefficient (Wildman–Crippen LogP) is 3.22. The van der Waals surface area contributed by atoms with Gasteiger partial charge in [-0.1, -0.05) is 13.3 Å². The van der Waals surface area contributed by atoms with E-state index in [1.807, 2.05) is 6.92 Å². The van der Waals surface area contributed by atoms with E-state index in [2.05, 4.69) is 26.6 Å². The maximum Gasteiger partial charge on any atom is 0.319 e. The molecule has 7 heteroatoms. The van der Waals surface area contributed by atoms with Crippen LogP contribution in [0.15, 0.2) is 22.7 Å². The van der Waals surface area contributed by atoms with E-state index in [1.54, 1.807) is 18.2 Å². The Bertz CT molecular complexity index is 508. The summed E-state index contributed by atoms with van der Waals surface area (Å²) >= 11 is 3.33. The predicted molar refractivity (Wildman–Crippen MR) is 83.8 cm³/mol. The zero-order chi connectivity index (χ0) is 15.8. The molecule has 1 atom stereocenters. The molecule has 1 unspecified atom stereocenters. The van der Waals surface area contributed by atoms with E-state index in [4.69, 9.17) is 9.84 Å². The first kappa shape index (κ1) is 17.3. The number of aliphatic carboxylic acids is 1. The third kappa shape index (κ3) is 6.03. The van der Waals surface area contributed by atoms with Gasteiger partial charge >= 0.3 is 12.0 Å². The maximum absolute atomic E-state index is 11.9. The highest BCUT2D eigenvalue weighted by molar-refractivity contribution is 9.10. The van der Waals surface area contributed by atoms with Crippen LogP contribution in [0.4, 0.5) is 10.5 Å². The lowest BCUT2D eigenvalue weighted by atomic mass is 10.1. The minimum absolute atomic E-state index is 0.0923. The van der Waals surface area contributed by atoms with Crippen molar-refractivity contribution >= 4 is 33.6 Å². The molecule has 0 aliphatic rings. The third-order valence-electron chi connectivity index (χ3n) is 2.80. The summed E-state index contributed by atoms with van der Waals surface area (Å²) in [5, 5.41) is 14.1. The van der Waals surface area contributed by atoms with E-state index in [0.29, 0.717) is 17.9 Å². The minimum Gasteiger partial charge on any atom is -0.495 e. The van der Waals surface area contributed by atoms with Crippen LogP contribution < -0.4 is 15.4 Å². The number of hydrogen-bond donors (Lipinski definition) is 3. The molecule has 0 aliphatic carbocycles. The maximum atomic E-state index is 11.9. The first-order valence-electron chi connectivity index (χ1n) is 6.59. The van der Waals surface area contributed by atoms with Gasteiger partial charge in [-0.2, -0.15) is 0 Å². The Labute approximate surface area is 132 Å². The van der Waals surface area contributed by atoms with Crippen LogP contribution in [0.3, 0.4) is 0 Å². The van der Waals surface area contributed by atoms with Crippen LogP contribution in [-0.2, 0) is 4.79 Å². The molecule has 0 saturated carbocycles. The number of halogens is 1. The number of carboxylic acids is 1. The number of anilines is 1. The van der Waals surface area contributed by atoms with Crippen molar-refractivity contribution in [2.45, 2.75) is 32.2 Å². The number of carboxylic acid groups (broad SMARTS) is 1. The van der Waals surface area contributed by atoms with Crippen molar-refractivity contribution < 1.29 is 19.4 Å². The highest BCUT2D eigenvalue weighted by Crippen LogP contribution is 2.27. The second-order valence-corrected chi connectivity index (χ2v) is 5.39. The molecule has 0 radical (unpaired) electrons. The number of benzene rings is 1. The van der Waals surface area contributed by atoms with Gasteiger partial charge in [0.25, 0.3) is 0 Å². The molecule has 6 nitrogen and oxygen atoms in total. The molecule has 0 aliphatic heterocycles. The number of hydrogen-bond acceptors (Lipinski definition) is 3. The van der Waals surface area contributed by atoms with Crippen molar-refractivity contribution in [1.29, 1.82) is 0 Å². The molecule has 116 valence electrons. The summed E-state index contributed by atoms with van der Waals surface area (Å²) in [5.74, 6) is -0.331. The van der Waals surface area contributed by atoms with E-state index in [9.17, 15) is 9.59 Å². The van der Waals surface area contributed by atoms with Crippen LogP contribution >= 0.6 is 15.9 Å². The largest absolute Gasteiger partial charge is 0.495 e. The fraction of sp³-hybridized carbons (Fsp3) is 0.429. The zero-order valence-electron chi connectivity index (χ0n) is 12.0. The highest BCUT2D eigenvalue weighted by Gasteiger charge is 2.15. The lowest BCUT2D eigenvalue weighted by Crippen LogP contribution is -2.39. The Morgan fingerprint density at radius 2 is 2.14 bits per heavy atom. The van der Waals surface area contributed by atoms with E-state index >= 15 is 0 Å². The molecule has 0 heterocycles. The molecule has 1 aromatic carbocycles. The Balaban J connectivity index is 2.65. The van der Waals surface area contributed by atoms with Gasteiger partial charge in [0.2, 0.25) is 0 Å². The van der Waals surface area contributed by atoms with E-state index < -0.39 is 12.0 Å². The molecule has 2 amide bonds. The summed E-state index contributed by atoms with van der Waals surface area (Å²) < 4.78 is 5.93. The zero-order valence-corrected chi connectivity index (χ0v) is 13.6. The summed E-state index contributed by atoms with van der Waals surface area (Å²) in [7, 11) is 1.54. The summed E-state index contributed by atoms with van der Waals surface area (Å²) in [5.41, 5.74) is 0.568. The van der Waals surface area contributed by atoms with E-state index in [0.717, 1.165) is 10.9 Å². The van der Waals surface area contributed by atoms with Gasteiger partial charge in [0.1, 0.15) is 5.75 Å². The molecular formula is C14H19BrN2O4. The monoisotopic (exact) mass is 358 g/mol. The number of methoxy groups -OCH3 is 1. The smallest absolute Gasteiger partial charge is 0.319 e. The van der Waals surface area contributed by atoms with Crippen LogP contribution in [0.2, 0.25) is 0 Å². The van der Waals surface area contributed by atoms with Gasteiger partial charge in [-0.25, -0.2) is 4.79 Å². The molecule has 0 saturated heterocycles. The molecule has 1 rings (SSSR count). The van der Waals surface area contributed by atoms with Gasteiger partial charge in [-0.3, -0.25) is 4.79 Å². The van der Waals surface area contributed by atoms with Crippen LogP contribution in [0.5, 0.6) is 5.75 Å². The lowest BCUT2D eigenvalue weighted by Gasteiger charge is -2.17. The van der Waals surface area contributed by atoms with E-state index in [1.165, 1.54) is 7.11 Å². The average Bonchev–Trinajstić information content (AvgIpc) is 2.40. The highest BCUT2D eigenvalue weighted by atomic mass is 79.9. The molecule has 0 bridgehead atoms. The SMILES string of the molecule is CCCC(CC(=O)O)NC(=O)Nc1ccc(Br)c(OC)c1. The summed E-state index contributed by atoms with van der Waals surface area (Å²) in [6.07, 6.45) is 1.32. The van der Waals surface area contributed by atoms with Crippen molar-refractivity contribution in [2.75, 3.05) is 12.4 Å². The topological polar surface area (TPSA) is 87.7 Å². The van der Waals surface area contributed by atoms with Crippen molar-refractivity contribution in [3.63, 3.8) is 0 Å². The molecular weight excluding hydrogens is 340 g/mol. The number of ether oxygens (including phenoxy) is 1. The Kier molecular flexibility index (Phi) is 7.01. The normalized spacial score (nSPS) is 11.6. The van der Waals surface area contributed by atoms with Crippen LogP contribution in [0, 0.1) is 0 Å². The Morgan fingerprint density at radius 3 is 2.71 bits per heavy atom. The Morgan fingerprint density at radius 1 is 1.43 bits per heavy atom. The average molecular weight is 359 g/mol. The minimum atomic E-state index is -0.931. The fourth-order valence-corrected chi connectivity index (χ4v) is 2.28. The molecule has 3 N–H and O–H groups in total. The third-order valence-corrected chi connectivity index (χ3v) is 3.46. The second kappa shape index (κ2) is 8.51. The summed E-state index contributed by atoms with van der Waals surface area (Å²) in [6.45, 7) is 1.94. The van der Waals surface area contributed by atoms with Gasteiger partial charge < -0.3 is 20.5 Å². The molecule has 0 fully saturated rings. The molecule has 21 heavy (non-hydrogen) atoms. The lowest BCUT2D eigenvalue weighted by molar-refractivity contribution is -0.137. The standard InChI is InChI=1S/C14H19BrN2O4/c1-3-4-9(8-13(18)19)16-14(20)17-10-5-6-11(15)12(7-10)21-2/h5-7,9H,3-4,8H2,1-2H3,(H,18,19)(H2,16,17,20). The van der Waals surface area contributed by atoms with Gasteiger partial charge in [-0.15, -0.1) is 0 Å². The second-order valence-electron chi connectivity index (χ2n) is 4.53.